The van der Waals surface area contributed by atoms with E-state index in [0.717, 1.165) is 29.7 Å². The highest BCUT2D eigenvalue weighted by molar-refractivity contribution is 6.32. The number of benzene rings is 5. The summed E-state index contributed by atoms with van der Waals surface area (Å²) in [5.41, 5.74) is 3.11. The van der Waals surface area contributed by atoms with E-state index < -0.39 is 35.0 Å². The number of anilines is 2. The number of aromatic hydroxyl groups is 1. The third-order valence-corrected chi connectivity index (χ3v) is 13.1. The number of Topliss-reactive ketones (excluding diaryl/α,β-unsaturated/α-hetero) is 1. The molecule has 1 N–H and O–H groups in total. The zero-order chi connectivity index (χ0) is 38.1. The summed E-state index contributed by atoms with van der Waals surface area (Å²) < 4.78 is 5.52. The molecule has 5 aliphatic rings. The van der Waals surface area contributed by atoms with Gasteiger partial charge in [0.15, 0.2) is 11.6 Å². The van der Waals surface area contributed by atoms with Crippen molar-refractivity contribution in [1.82, 2.24) is 0 Å². The van der Waals surface area contributed by atoms with E-state index in [-0.39, 0.29) is 35.6 Å². The quantitative estimate of drug-likeness (QED) is 0.148. The average molecular weight is 741 g/mol. The number of carbonyl (C=O) groups excluding carboxylic acids is 4. The first-order valence-electron chi connectivity index (χ1n) is 19.5. The standard InChI is InChI=1S/C48H40N2O6/c51-41-28-38(29-9-3-1-4-10-29)45(53)40-27-39-35(43(48(40,41)31-12-5-2-6-13-31)37-20-15-30-11-7-8-14-34(30)44(37)52)21-22-36-42(39)47(55)50(46(36)54)33-18-16-32(17-19-33)49-23-25-56-26-24-49/h1-21,28,36,39-40,42-43,52H,22-27H2. The van der Waals surface area contributed by atoms with Crippen LogP contribution in [0.1, 0.15) is 35.4 Å². The van der Waals surface area contributed by atoms with Crippen molar-refractivity contribution in [3.05, 3.63) is 156 Å². The monoisotopic (exact) mass is 740 g/mol. The van der Waals surface area contributed by atoms with Crippen LogP contribution in [0.4, 0.5) is 11.4 Å². The Balaban J connectivity index is 1.14. The number of carbonyl (C=O) groups is 4. The van der Waals surface area contributed by atoms with Crippen LogP contribution in [0, 0.1) is 23.7 Å². The molecule has 5 aromatic carbocycles. The number of hydrogen-bond acceptors (Lipinski definition) is 7. The highest BCUT2D eigenvalue weighted by Crippen LogP contribution is 2.64. The second-order valence-corrected chi connectivity index (χ2v) is 15.6. The van der Waals surface area contributed by atoms with Crippen LogP contribution >= 0.6 is 0 Å². The minimum absolute atomic E-state index is 0.0414. The summed E-state index contributed by atoms with van der Waals surface area (Å²) in [5, 5.41) is 13.7. The number of hydrogen-bond donors (Lipinski definition) is 1. The number of fused-ring (bicyclic) bond motifs is 5. The molecule has 6 unspecified atom stereocenters. The summed E-state index contributed by atoms with van der Waals surface area (Å²) in [4.78, 5) is 63.4. The molecule has 56 heavy (non-hydrogen) atoms. The number of imide groups is 1. The second kappa shape index (κ2) is 13.3. The molecule has 6 atom stereocenters. The molecule has 8 heteroatoms. The fraction of sp³-hybridized carbons (Fsp3) is 0.250. The second-order valence-electron chi connectivity index (χ2n) is 15.6. The van der Waals surface area contributed by atoms with Gasteiger partial charge in [0.25, 0.3) is 0 Å². The molecule has 5 aromatic rings. The highest BCUT2D eigenvalue weighted by atomic mass is 16.5. The maximum atomic E-state index is 15.4. The number of rotatable bonds is 5. The van der Waals surface area contributed by atoms with Gasteiger partial charge in [0.05, 0.1) is 36.2 Å². The lowest BCUT2D eigenvalue weighted by Gasteiger charge is -2.55. The van der Waals surface area contributed by atoms with E-state index in [1.54, 1.807) is 0 Å². The Morgan fingerprint density at radius 3 is 2.12 bits per heavy atom. The smallest absolute Gasteiger partial charge is 0.238 e. The molecule has 2 saturated heterocycles. The summed E-state index contributed by atoms with van der Waals surface area (Å²) in [7, 11) is 0. The van der Waals surface area contributed by atoms with E-state index in [9.17, 15) is 14.7 Å². The minimum atomic E-state index is -1.42. The van der Waals surface area contributed by atoms with E-state index >= 15 is 9.59 Å². The number of morpholine rings is 1. The van der Waals surface area contributed by atoms with E-state index in [0.29, 0.717) is 53.0 Å². The number of phenols is 1. The molecule has 0 bridgehead atoms. The van der Waals surface area contributed by atoms with E-state index in [1.165, 1.54) is 11.0 Å². The summed E-state index contributed by atoms with van der Waals surface area (Å²) in [6, 6.07) is 37.7. The SMILES string of the molecule is O=C1C(c2ccccc2)=CC(=O)C2(c3ccccc3)C1CC1C(=CCC3C(=O)N(c4ccc(N5CCOCC5)cc4)C(=O)C31)C2c1ccc2ccccc2c1O. The lowest BCUT2D eigenvalue weighted by molar-refractivity contribution is -0.135. The van der Waals surface area contributed by atoms with Gasteiger partial charge in [-0.15, -0.1) is 0 Å². The van der Waals surface area contributed by atoms with Gasteiger partial charge in [-0.2, -0.15) is 0 Å². The summed E-state index contributed by atoms with van der Waals surface area (Å²) >= 11 is 0. The van der Waals surface area contributed by atoms with Crippen molar-refractivity contribution >= 4 is 51.1 Å². The zero-order valence-electron chi connectivity index (χ0n) is 30.7. The fourth-order valence-corrected chi connectivity index (χ4v) is 10.6. The third kappa shape index (κ3) is 5.01. The Kier molecular flexibility index (Phi) is 8.15. The molecule has 3 fully saturated rings. The zero-order valence-corrected chi connectivity index (χ0v) is 30.7. The lowest BCUT2D eigenvalue weighted by atomic mass is 9.44. The number of ether oxygens (including phenoxy) is 1. The molecule has 2 aliphatic heterocycles. The first-order valence-corrected chi connectivity index (χ1v) is 19.5. The number of amides is 2. The molecule has 0 spiro atoms. The predicted octanol–water partition coefficient (Wildman–Crippen LogP) is 7.41. The van der Waals surface area contributed by atoms with Crippen molar-refractivity contribution in [3.8, 4) is 5.75 Å². The average Bonchev–Trinajstić information content (AvgIpc) is 3.51. The van der Waals surface area contributed by atoms with Crippen LogP contribution < -0.4 is 9.80 Å². The number of nitrogens with zero attached hydrogens (tertiary/aromatic N) is 2. The molecular weight excluding hydrogens is 701 g/mol. The van der Waals surface area contributed by atoms with Gasteiger partial charge in [-0.3, -0.25) is 24.1 Å². The summed E-state index contributed by atoms with van der Waals surface area (Å²) in [6.45, 7) is 2.82. The van der Waals surface area contributed by atoms with Crippen LogP contribution in [0.2, 0.25) is 0 Å². The Morgan fingerprint density at radius 2 is 1.38 bits per heavy atom. The van der Waals surface area contributed by atoms with E-state index in [1.807, 2.05) is 127 Å². The van der Waals surface area contributed by atoms with E-state index in [4.69, 9.17) is 4.74 Å². The predicted molar refractivity (Wildman–Crippen MR) is 214 cm³/mol. The molecule has 10 rings (SSSR count). The maximum Gasteiger partial charge on any atom is 0.238 e. The van der Waals surface area contributed by atoms with Crippen molar-refractivity contribution in [3.63, 3.8) is 0 Å². The number of ketones is 2. The first kappa shape index (κ1) is 34.4. The molecule has 2 heterocycles. The Bertz CT molecular complexity index is 2490. The van der Waals surface area contributed by atoms with Crippen molar-refractivity contribution in [2.45, 2.75) is 24.2 Å². The van der Waals surface area contributed by atoms with Gasteiger partial charge in [-0.1, -0.05) is 109 Å². The topological polar surface area (TPSA) is 104 Å². The van der Waals surface area contributed by atoms with Gasteiger partial charge >= 0.3 is 0 Å². The Labute approximate surface area is 324 Å². The first-order chi connectivity index (χ1) is 27.4. The van der Waals surface area contributed by atoms with Crippen molar-refractivity contribution in [2.75, 3.05) is 36.1 Å². The van der Waals surface area contributed by atoms with Crippen LogP contribution in [-0.2, 0) is 29.3 Å². The highest BCUT2D eigenvalue weighted by Gasteiger charge is 2.66. The molecule has 3 aliphatic carbocycles. The Morgan fingerprint density at radius 1 is 0.696 bits per heavy atom. The van der Waals surface area contributed by atoms with Crippen LogP contribution in [0.25, 0.3) is 16.3 Å². The molecule has 0 aromatic heterocycles. The molecule has 1 saturated carbocycles. The normalized spacial score (nSPS) is 27.4. The molecular formula is C48H40N2O6. The third-order valence-electron chi connectivity index (χ3n) is 13.1. The van der Waals surface area contributed by atoms with Gasteiger partial charge in [-0.05, 0) is 65.6 Å². The summed E-state index contributed by atoms with van der Waals surface area (Å²) in [6.07, 6.45) is 4.04. The van der Waals surface area contributed by atoms with Gasteiger partial charge < -0.3 is 14.7 Å². The van der Waals surface area contributed by atoms with Gasteiger partial charge in [0, 0.05) is 47.1 Å². The van der Waals surface area contributed by atoms with Gasteiger partial charge in [-0.25, -0.2) is 0 Å². The lowest BCUT2D eigenvalue weighted by Crippen LogP contribution is -2.58. The van der Waals surface area contributed by atoms with Gasteiger partial charge in [0.1, 0.15) is 5.75 Å². The van der Waals surface area contributed by atoms with Crippen molar-refractivity contribution < 1.29 is 29.0 Å². The largest absolute Gasteiger partial charge is 0.507 e. The Hall–Kier alpha value is -6.12. The van der Waals surface area contributed by atoms with Gasteiger partial charge in [0.2, 0.25) is 11.8 Å². The molecule has 2 amide bonds. The van der Waals surface area contributed by atoms with E-state index in [2.05, 4.69) is 4.90 Å². The molecule has 0 radical (unpaired) electrons. The minimum Gasteiger partial charge on any atom is -0.507 e. The van der Waals surface area contributed by atoms with Crippen molar-refractivity contribution in [1.29, 1.82) is 0 Å². The summed E-state index contributed by atoms with van der Waals surface area (Å²) in [5.74, 6) is -4.49. The number of phenolic OH excluding ortho intramolecular Hbond substituents is 1. The molecule has 8 nitrogen and oxygen atoms in total. The fourth-order valence-electron chi connectivity index (χ4n) is 10.6. The van der Waals surface area contributed by atoms with Crippen molar-refractivity contribution in [2.24, 2.45) is 23.7 Å². The maximum absolute atomic E-state index is 15.4. The number of allylic oxidation sites excluding steroid dienone is 4. The van der Waals surface area contributed by atoms with Crippen LogP contribution in [0.5, 0.6) is 5.75 Å². The van der Waals surface area contributed by atoms with Crippen LogP contribution in [0.3, 0.4) is 0 Å². The molecule has 278 valence electrons. The van der Waals surface area contributed by atoms with Crippen LogP contribution in [-0.4, -0.2) is 54.8 Å². The van der Waals surface area contributed by atoms with Crippen LogP contribution in [0.15, 0.2) is 139 Å².